The second kappa shape index (κ2) is 5.51. The lowest BCUT2D eigenvalue weighted by molar-refractivity contribution is 0.306. The Morgan fingerprint density at radius 2 is 1.92 bits per heavy atom. The van der Waals surface area contributed by atoms with E-state index in [1.54, 1.807) is 0 Å². The van der Waals surface area contributed by atoms with Gasteiger partial charge in [-0.3, -0.25) is 10.4 Å². The van der Waals surface area contributed by atoms with E-state index in [0.29, 0.717) is 0 Å². The topological polar surface area (TPSA) is 15.3 Å². The van der Waals surface area contributed by atoms with Crippen LogP contribution in [0.4, 0.5) is 0 Å². The monoisotopic (exact) mass is 176 g/mol. The van der Waals surface area contributed by atoms with E-state index in [0.717, 1.165) is 6.54 Å². The van der Waals surface area contributed by atoms with Crippen molar-refractivity contribution >= 4 is 6.08 Å². The molecule has 1 aromatic carbocycles. The number of benzene rings is 1. The standard InChI is InChI=1S/C11H16N2/c1-13(2)12-10-6-9-11-7-4-3-5-8-11/h3-9,12H,10H2,1-2H3/b9-6+. The molecule has 0 aliphatic carbocycles. The van der Waals surface area contributed by atoms with Gasteiger partial charge in [0.25, 0.3) is 0 Å². The maximum atomic E-state index is 3.16. The smallest absolute Gasteiger partial charge is 0.0286 e. The predicted molar refractivity (Wildman–Crippen MR) is 57.2 cm³/mol. The van der Waals surface area contributed by atoms with Crippen LogP contribution in [0.3, 0.4) is 0 Å². The lowest BCUT2D eigenvalue weighted by atomic mass is 10.2. The molecule has 1 N–H and O–H groups in total. The van der Waals surface area contributed by atoms with Gasteiger partial charge in [-0.05, 0) is 5.56 Å². The van der Waals surface area contributed by atoms with E-state index in [9.17, 15) is 0 Å². The number of hydrogen-bond donors (Lipinski definition) is 1. The average Bonchev–Trinajstić information content (AvgIpc) is 2.14. The van der Waals surface area contributed by atoms with Crippen LogP contribution >= 0.6 is 0 Å². The molecule has 0 aliphatic heterocycles. The van der Waals surface area contributed by atoms with Crippen LogP contribution in [0.1, 0.15) is 5.56 Å². The molecule has 0 unspecified atom stereocenters. The van der Waals surface area contributed by atoms with Crippen LogP contribution in [-0.2, 0) is 0 Å². The van der Waals surface area contributed by atoms with Gasteiger partial charge in [0.1, 0.15) is 0 Å². The highest BCUT2D eigenvalue weighted by atomic mass is 15.5. The minimum atomic E-state index is 0.863. The number of hydrogen-bond acceptors (Lipinski definition) is 2. The third kappa shape index (κ3) is 4.45. The zero-order valence-electron chi connectivity index (χ0n) is 8.20. The Morgan fingerprint density at radius 3 is 2.54 bits per heavy atom. The average molecular weight is 176 g/mol. The van der Waals surface area contributed by atoms with Gasteiger partial charge in [-0.15, -0.1) is 0 Å². The molecule has 0 spiro atoms. The first-order valence-corrected chi connectivity index (χ1v) is 4.41. The van der Waals surface area contributed by atoms with Crippen LogP contribution in [0, 0.1) is 0 Å². The molecular weight excluding hydrogens is 160 g/mol. The fourth-order valence-electron chi connectivity index (χ4n) is 0.994. The molecule has 0 aliphatic rings. The Labute approximate surface area is 79.8 Å². The Balaban J connectivity index is 2.33. The molecule has 2 nitrogen and oxygen atoms in total. The lowest BCUT2D eigenvalue weighted by Crippen LogP contribution is -2.30. The number of hydrazine groups is 1. The summed E-state index contributed by atoms with van der Waals surface area (Å²) in [6.45, 7) is 0.863. The summed E-state index contributed by atoms with van der Waals surface area (Å²) in [6, 6.07) is 10.3. The van der Waals surface area contributed by atoms with Crippen molar-refractivity contribution in [2.45, 2.75) is 0 Å². The molecular formula is C11H16N2. The molecule has 0 atom stereocenters. The van der Waals surface area contributed by atoms with Crippen LogP contribution in [0.5, 0.6) is 0 Å². The summed E-state index contributed by atoms with van der Waals surface area (Å²) in [4.78, 5) is 0. The van der Waals surface area contributed by atoms with Crippen molar-refractivity contribution in [3.05, 3.63) is 42.0 Å². The van der Waals surface area contributed by atoms with Crippen LogP contribution < -0.4 is 5.43 Å². The highest BCUT2D eigenvalue weighted by Gasteiger charge is 1.83. The number of nitrogens with one attached hydrogen (secondary N) is 1. The molecule has 0 heterocycles. The Kier molecular flexibility index (Phi) is 4.23. The van der Waals surface area contributed by atoms with Crippen molar-refractivity contribution in [3.8, 4) is 0 Å². The van der Waals surface area contributed by atoms with Crippen molar-refractivity contribution in [2.24, 2.45) is 0 Å². The van der Waals surface area contributed by atoms with Gasteiger partial charge in [0.05, 0.1) is 0 Å². The fourth-order valence-corrected chi connectivity index (χ4v) is 0.994. The van der Waals surface area contributed by atoms with Crippen LogP contribution in [0.15, 0.2) is 36.4 Å². The van der Waals surface area contributed by atoms with E-state index in [4.69, 9.17) is 0 Å². The maximum absolute atomic E-state index is 3.16. The molecule has 0 bridgehead atoms. The van der Waals surface area contributed by atoms with Gasteiger partial charge >= 0.3 is 0 Å². The van der Waals surface area contributed by atoms with Crippen molar-refractivity contribution in [2.75, 3.05) is 20.6 Å². The van der Waals surface area contributed by atoms with Crippen LogP contribution in [0.25, 0.3) is 6.08 Å². The molecule has 0 radical (unpaired) electrons. The van der Waals surface area contributed by atoms with Gasteiger partial charge in [0.2, 0.25) is 0 Å². The van der Waals surface area contributed by atoms with Gasteiger partial charge in [-0.1, -0.05) is 42.5 Å². The summed E-state index contributed by atoms with van der Waals surface area (Å²) in [7, 11) is 3.96. The molecule has 13 heavy (non-hydrogen) atoms. The van der Waals surface area contributed by atoms with Crippen molar-refractivity contribution in [3.63, 3.8) is 0 Å². The molecule has 0 saturated heterocycles. The Morgan fingerprint density at radius 1 is 1.23 bits per heavy atom. The normalized spacial score (nSPS) is 11.3. The summed E-state index contributed by atoms with van der Waals surface area (Å²) in [5, 5.41) is 1.94. The van der Waals surface area contributed by atoms with Crippen molar-refractivity contribution < 1.29 is 0 Å². The van der Waals surface area contributed by atoms with Gasteiger partial charge < -0.3 is 0 Å². The molecule has 70 valence electrons. The summed E-state index contributed by atoms with van der Waals surface area (Å²) in [5.41, 5.74) is 4.40. The van der Waals surface area contributed by atoms with Crippen molar-refractivity contribution in [1.29, 1.82) is 0 Å². The van der Waals surface area contributed by atoms with E-state index in [2.05, 4.69) is 29.7 Å². The third-order valence-corrected chi connectivity index (χ3v) is 1.64. The van der Waals surface area contributed by atoms with E-state index >= 15 is 0 Å². The lowest BCUT2D eigenvalue weighted by Gasteiger charge is -2.08. The zero-order chi connectivity index (χ0) is 9.52. The summed E-state index contributed by atoms with van der Waals surface area (Å²) < 4.78 is 0. The highest BCUT2D eigenvalue weighted by molar-refractivity contribution is 5.48. The highest BCUT2D eigenvalue weighted by Crippen LogP contribution is 1.99. The molecule has 0 amide bonds. The first kappa shape index (κ1) is 9.96. The van der Waals surface area contributed by atoms with Gasteiger partial charge in [0, 0.05) is 20.6 Å². The molecule has 1 aromatic rings. The molecule has 0 aromatic heterocycles. The second-order valence-corrected chi connectivity index (χ2v) is 3.07. The zero-order valence-corrected chi connectivity index (χ0v) is 8.20. The third-order valence-electron chi connectivity index (χ3n) is 1.64. The van der Waals surface area contributed by atoms with E-state index in [1.165, 1.54) is 5.56 Å². The van der Waals surface area contributed by atoms with Crippen LogP contribution in [-0.4, -0.2) is 25.6 Å². The summed E-state index contributed by atoms with van der Waals surface area (Å²) >= 11 is 0. The fraction of sp³-hybridized carbons (Fsp3) is 0.273. The SMILES string of the molecule is CN(C)NC/C=C/c1ccccc1. The Bertz CT molecular complexity index is 252. The first-order chi connectivity index (χ1) is 6.29. The number of rotatable bonds is 4. The van der Waals surface area contributed by atoms with Gasteiger partial charge in [0.15, 0.2) is 0 Å². The largest absolute Gasteiger partial charge is 0.252 e. The van der Waals surface area contributed by atoms with E-state index in [-0.39, 0.29) is 0 Å². The Hall–Kier alpha value is -1.12. The van der Waals surface area contributed by atoms with Gasteiger partial charge in [-0.2, -0.15) is 0 Å². The minimum absolute atomic E-state index is 0.863. The van der Waals surface area contributed by atoms with Gasteiger partial charge in [-0.25, -0.2) is 0 Å². The quantitative estimate of drug-likeness (QED) is 0.703. The molecule has 2 heteroatoms. The molecule has 1 rings (SSSR count). The first-order valence-electron chi connectivity index (χ1n) is 4.41. The maximum Gasteiger partial charge on any atom is 0.0286 e. The second-order valence-electron chi connectivity index (χ2n) is 3.07. The van der Waals surface area contributed by atoms with Crippen LogP contribution in [0.2, 0.25) is 0 Å². The van der Waals surface area contributed by atoms with E-state index in [1.807, 2.05) is 37.3 Å². The summed E-state index contributed by atoms with van der Waals surface area (Å²) in [5.74, 6) is 0. The van der Waals surface area contributed by atoms with E-state index < -0.39 is 0 Å². The molecule has 0 fully saturated rings. The number of nitrogens with zero attached hydrogens (tertiary/aromatic N) is 1. The molecule has 0 saturated carbocycles. The summed E-state index contributed by atoms with van der Waals surface area (Å²) in [6.07, 6.45) is 4.21. The minimum Gasteiger partial charge on any atom is -0.252 e. The van der Waals surface area contributed by atoms with Crippen molar-refractivity contribution in [1.82, 2.24) is 10.4 Å². The predicted octanol–water partition coefficient (Wildman–Crippen LogP) is 1.77.